The van der Waals surface area contributed by atoms with Gasteiger partial charge in [0.15, 0.2) is 5.69 Å². The van der Waals surface area contributed by atoms with E-state index in [2.05, 4.69) is 15.6 Å². The Morgan fingerprint density at radius 1 is 1.17 bits per heavy atom. The Labute approximate surface area is 207 Å². The molecular weight excluding hydrogens is 467 g/mol. The van der Waals surface area contributed by atoms with Crippen molar-refractivity contribution < 1.29 is 23.5 Å². The van der Waals surface area contributed by atoms with Crippen molar-refractivity contribution in [2.24, 2.45) is 0 Å². The van der Waals surface area contributed by atoms with E-state index in [4.69, 9.17) is 9.47 Å². The summed E-state index contributed by atoms with van der Waals surface area (Å²) < 4.78 is 26.8. The molecule has 1 aliphatic rings. The SMILES string of the molecule is CNC(=O)c1cc(F)ccc1CNC(=O)c1nc2n(c(=O)c1OCc1ccccc1)CCOC2(C)C. The molecule has 0 saturated carbocycles. The number of fused-ring (bicyclic) bond motifs is 1. The smallest absolute Gasteiger partial charge is 0.296 e. The first-order chi connectivity index (χ1) is 17.2. The van der Waals surface area contributed by atoms with Crippen molar-refractivity contribution >= 4 is 11.8 Å². The van der Waals surface area contributed by atoms with Crippen molar-refractivity contribution in [1.82, 2.24) is 20.2 Å². The van der Waals surface area contributed by atoms with Gasteiger partial charge in [-0.15, -0.1) is 0 Å². The maximum Gasteiger partial charge on any atom is 0.296 e. The second-order valence-electron chi connectivity index (χ2n) is 8.77. The maximum absolute atomic E-state index is 13.7. The molecule has 0 radical (unpaired) electrons. The minimum Gasteiger partial charge on any atom is -0.481 e. The zero-order valence-corrected chi connectivity index (χ0v) is 20.3. The normalized spacial score (nSPS) is 14.0. The van der Waals surface area contributed by atoms with E-state index in [0.29, 0.717) is 18.0 Å². The molecule has 0 unspecified atom stereocenters. The average Bonchev–Trinajstić information content (AvgIpc) is 2.87. The fraction of sp³-hybridized carbons (Fsp3) is 0.308. The molecule has 2 N–H and O–H groups in total. The monoisotopic (exact) mass is 494 g/mol. The molecule has 0 bridgehead atoms. The molecule has 0 saturated heterocycles. The molecule has 1 aliphatic heterocycles. The van der Waals surface area contributed by atoms with E-state index in [1.165, 1.54) is 23.7 Å². The summed E-state index contributed by atoms with van der Waals surface area (Å²) in [4.78, 5) is 43.4. The Balaban J connectivity index is 1.69. The van der Waals surface area contributed by atoms with Gasteiger partial charge in [0.05, 0.1) is 13.2 Å². The summed E-state index contributed by atoms with van der Waals surface area (Å²) in [5, 5.41) is 5.13. The Kier molecular flexibility index (Phi) is 7.16. The highest BCUT2D eigenvalue weighted by molar-refractivity contribution is 5.97. The number of carbonyl (C=O) groups is 2. The molecule has 10 heteroatoms. The quantitative estimate of drug-likeness (QED) is 0.522. The van der Waals surface area contributed by atoms with Crippen molar-refractivity contribution in [2.75, 3.05) is 13.7 Å². The topological polar surface area (TPSA) is 112 Å². The summed E-state index contributed by atoms with van der Waals surface area (Å²) in [6.45, 7) is 4.10. The van der Waals surface area contributed by atoms with Crippen LogP contribution in [-0.4, -0.2) is 35.0 Å². The standard InChI is InChI=1S/C26H27FN4O5/c1-26(2)25-30-20(23(33)29-14-17-9-10-18(27)13-19(17)22(32)28-3)21(24(34)31(25)11-12-36-26)35-15-16-7-5-4-6-8-16/h4-10,13H,11-12,14-15H2,1-3H3,(H,28,32)(H,29,33). The summed E-state index contributed by atoms with van der Waals surface area (Å²) in [6, 6.07) is 12.9. The van der Waals surface area contributed by atoms with Crippen molar-refractivity contribution in [2.45, 2.75) is 39.1 Å². The van der Waals surface area contributed by atoms with Gasteiger partial charge in [0.2, 0.25) is 5.75 Å². The van der Waals surface area contributed by atoms with Gasteiger partial charge >= 0.3 is 0 Å². The van der Waals surface area contributed by atoms with Crippen LogP contribution in [0.25, 0.3) is 0 Å². The van der Waals surface area contributed by atoms with Gasteiger partial charge in [-0.1, -0.05) is 36.4 Å². The van der Waals surface area contributed by atoms with Gasteiger partial charge in [0.25, 0.3) is 17.4 Å². The number of benzene rings is 2. The first-order valence-corrected chi connectivity index (χ1v) is 11.5. The average molecular weight is 495 g/mol. The van der Waals surface area contributed by atoms with E-state index in [-0.39, 0.29) is 36.7 Å². The van der Waals surface area contributed by atoms with E-state index in [0.717, 1.165) is 11.6 Å². The molecule has 9 nitrogen and oxygen atoms in total. The summed E-state index contributed by atoms with van der Waals surface area (Å²) in [5.41, 5.74) is -0.264. The van der Waals surface area contributed by atoms with Crippen molar-refractivity contribution in [1.29, 1.82) is 0 Å². The first kappa shape index (κ1) is 25.1. The van der Waals surface area contributed by atoms with Crippen LogP contribution >= 0.6 is 0 Å². The number of rotatable bonds is 7. The number of hydrogen-bond donors (Lipinski definition) is 2. The van der Waals surface area contributed by atoms with Gasteiger partial charge in [-0.25, -0.2) is 9.37 Å². The van der Waals surface area contributed by atoms with Crippen LogP contribution in [0.15, 0.2) is 53.3 Å². The maximum atomic E-state index is 13.7. The van der Waals surface area contributed by atoms with Crippen molar-refractivity contribution in [3.05, 3.63) is 92.9 Å². The number of ether oxygens (including phenoxy) is 2. The summed E-state index contributed by atoms with van der Waals surface area (Å²) in [7, 11) is 1.43. The van der Waals surface area contributed by atoms with Gasteiger partial charge in [-0.2, -0.15) is 0 Å². The number of nitrogens with zero attached hydrogens (tertiary/aromatic N) is 2. The molecule has 188 valence electrons. The molecule has 4 rings (SSSR count). The Morgan fingerprint density at radius 2 is 1.92 bits per heavy atom. The zero-order valence-electron chi connectivity index (χ0n) is 20.3. The van der Waals surface area contributed by atoms with E-state index in [1.54, 1.807) is 13.8 Å². The largest absolute Gasteiger partial charge is 0.481 e. The highest BCUT2D eigenvalue weighted by Crippen LogP contribution is 2.28. The second-order valence-corrected chi connectivity index (χ2v) is 8.77. The molecule has 3 aromatic rings. The molecule has 0 aliphatic carbocycles. The number of nitrogens with one attached hydrogen (secondary N) is 2. The van der Waals surface area contributed by atoms with E-state index in [1.807, 2.05) is 30.3 Å². The molecule has 0 spiro atoms. The lowest BCUT2D eigenvalue weighted by Gasteiger charge is -2.32. The fourth-order valence-corrected chi connectivity index (χ4v) is 3.98. The fourth-order valence-electron chi connectivity index (χ4n) is 3.98. The lowest BCUT2D eigenvalue weighted by molar-refractivity contribution is -0.0567. The highest BCUT2D eigenvalue weighted by Gasteiger charge is 2.35. The highest BCUT2D eigenvalue weighted by atomic mass is 19.1. The molecule has 2 heterocycles. The third-order valence-electron chi connectivity index (χ3n) is 5.87. The third kappa shape index (κ3) is 5.13. The zero-order chi connectivity index (χ0) is 25.9. The van der Waals surface area contributed by atoms with Crippen LogP contribution in [0.1, 0.15) is 51.6 Å². The minimum atomic E-state index is -0.895. The second kappa shape index (κ2) is 10.3. The Hall–Kier alpha value is -4.05. The first-order valence-electron chi connectivity index (χ1n) is 11.5. The lowest BCUT2D eigenvalue weighted by Crippen LogP contribution is -2.43. The van der Waals surface area contributed by atoms with E-state index < -0.39 is 28.8 Å². The van der Waals surface area contributed by atoms with E-state index >= 15 is 0 Å². The van der Waals surface area contributed by atoms with Crippen LogP contribution in [0.4, 0.5) is 4.39 Å². The van der Waals surface area contributed by atoms with Crippen LogP contribution in [0.2, 0.25) is 0 Å². The molecule has 1 aromatic heterocycles. The summed E-state index contributed by atoms with van der Waals surface area (Å²) in [5.74, 6) is -1.61. The van der Waals surface area contributed by atoms with Crippen LogP contribution in [-0.2, 0) is 30.0 Å². The number of halogens is 1. The van der Waals surface area contributed by atoms with Gasteiger partial charge in [-0.05, 0) is 37.1 Å². The number of carbonyl (C=O) groups excluding carboxylic acids is 2. The number of aromatic nitrogens is 2. The van der Waals surface area contributed by atoms with Gasteiger partial charge in [-0.3, -0.25) is 19.0 Å². The molecular formula is C26H27FN4O5. The van der Waals surface area contributed by atoms with Crippen molar-refractivity contribution in [3.8, 4) is 5.75 Å². The molecule has 0 fully saturated rings. The lowest BCUT2D eigenvalue weighted by atomic mass is 10.1. The van der Waals surface area contributed by atoms with Crippen LogP contribution in [0.3, 0.4) is 0 Å². The van der Waals surface area contributed by atoms with Crippen molar-refractivity contribution in [3.63, 3.8) is 0 Å². The molecule has 36 heavy (non-hydrogen) atoms. The number of amides is 2. The summed E-state index contributed by atoms with van der Waals surface area (Å²) >= 11 is 0. The van der Waals surface area contributed by atoms with E-state index in [9.17, 15) is 18.8 Å². The predicted octanol–water partition coefficient (Wildman–Crippen LogP) is 2.52. The predicted molar refractivity (Wildman–Crippen MR) is 129 cm³/mol. The van der Waals surface area contributed by atoms with Gasteiger partial charge in [0.1, 0.15) is 23.8 Å². The van der Waals surface area contributed by atoms with Crippen LogP contribution in [0, 0.1) is 5.82 Å². The third-order valence-corrected chi connectivity index (χ3v) is 5.87. The molecule has 2 aromatic carbocycles. The van der Waals surface area contributed by atoms with Gasteiger partial charge < -0.3 is 20.1 Å². The summed E-state index contributed by atoms with van der Waals surface area (Å²) in [6.07, 6.45) is 0. The Morgan fingerprint density at radius 3 is 2.64 bits per heavy atom. The van der Waals surface area contributed by atoms with Crippen LogP contribution < -0.4 is 20.9 Å². The van der Waals surface area contributed by atoms with Crippen LogP contribution in [0.5, 0.6) is 5.75 Å². The number of hydrogen-bond acceptors (Lipinski definition) is 6. The van der Waals surface area contributed by atoms with Gasteiger partial charge in [0, 0.05) is 19.2 Å². The minimum absolute atomic E-state index is 0.0655. The molecule has 2 amide bonds. The Bertz CT molecular complexity index is 1350. The molecule has 0 atom stereocenters.